The molecule has 3 aromatic carbocycles. The van der Waals surface area contributed by atoms with Gasteiger partial charge in [0.05, 0.1) is 35.5 Å². The summed E-state index contributed by atoms with van der Waals surface area (Å²) in [5, 5.41) is 11.0. The second-order valence-electron chi connectivity index (χ2n) is 8.95. The zero-order valence-electron chi connectivity index (χ0n) is 24.5. The predicted molar refractivity (Wildman–Crippen MR) is 164 cm³/mol. The molecule has 0 bridgehead atoms. The molecule has 3 rings (SSSR count). The van der Waals surface area contributed by atoms with Crippen LogP contribution in [0, 0.1) is 6.92 Å². The molecule has 0 saturated heterocycles. The van der Waals surface area contributed by atoms with E-state index in [0.29, 0.717) is 39.9 Å². The predicted octanol–water partition coefficient (Wildman–Crippen LogP) is 6.43. The van der Waals surface area contributed by atoms with Crippen molar-refractivity contribution in [1.82, 2.24) is 0 Å². The Morgan fingerprint density at radius 3 is 1.33 bits per heavy atom. The maximum Gasteiger partial charge on any atom is 0.193 e. The third kappa shape index (κ3) is 7.91. The number of aryl methyl sites for hydroxylation is 1. The molecule has 8 heteroatoms. The normalized spacial score (nSPS) is 12.0. The van der Waals surface area contributed by atoms with Crippen LogP contribution in [-0.2, 0) is 9.59 Å². The van der Waals surface area contributed by atoms with E-state index in [9.17, 15) is 14.7 Å². The Balaban J connectivity index is 1.98. The largest absolute Gasteiger partial charge is 0.507 e. The molecule has 8 nitrogen and oxygen atoms in total. The summed E-state index contributed by atoms with van der Waals surface area (Å²) < 4.78 is 26.4. The van der Waals surface area contributed by atoms with Crippen molar-refractivity contribution in [2.24, 2.45) is 0 Å². The third-order valence-electron chi connectivity index (χ3n) is 6.27. The number of carbonyl (C=O) groups is 2. The first kappa shape index (κ1) is 31.3. The topological polar surface area (TPSA) is 101 Å². The summed E-state index contributed by atoms with van der Waals surface area (Å²) in [6, 6.07) is 15.7. The molecule has 0 heterocycles. The van der Waals surface area contributed by atoms with Gasteiger partial charge in [-0.2, -0.15) is 0 Å². The molecule has 1 N–H and O–H groups in total. The van der Waals surface area contributed by atoms with Crippen LogP contribution in [-0.4, -0.2) is 52.2 Å². The smallest absolute Gasteiger partial charge is 0.193 e. The Kier molecular flexibility index (Phi) is 11.1. The monoisotopic (exact) mass is 570 g/mol. The summed E-state index contributed by atoms with van der Waals surface area (Å²) in [7, 11) is 7.66. The van der Waals surface area contributed by atoms with Crippen LogP contribution in [0.2, 0.25) is 0 Å². The maximum absolute atomic E-state index is 13.3. The fraction of sp³-hybridized carbons (Fsp3) is 0.176. The zero-order valence-corrected chi connectivity index (χ0v) is 24.5. The number of ketones is 2. The van der Waals surface area contributed by atoms with Crippen LogP contribution in [0.3, 0.4) is 0 Å². The zero-order chi connectivity index (χ0) is 30.6. The van der Waals surface area contributed by atoms with Crippen LogP contribution in [0.15, 0.2) is 84.2 Å². The fourth-order valence-electron chi connectivity index (χ4n) is 4.06. The summed E-state index contributed by atoms with van der Waals surface area (Å²) in [5.41, 5.74) is 2.51. The number of carbonyl (C=O) groups excluding carboxylic acids is 2. The average molecular weight is 571 g/mol. The number of rotatable bonds is 13. The molecule has 0 amide bonds. The van der Waals surface area contributed by atoms with E-state index < -0.39 is 22.9 Å². The van der Waals surface area contributed by atoms with Crippen LogP contribution in [0.4, 0.5) is 0 Å². The number of hydrogen-bond donors (Lipinski definition) is 1. The molecule has 0 aromatic heterocycles. The lowest BCUT2D eigenvalue weighted by molar-refractivity contribution is -0.117. The number of methoxy groups -OCH3 is 5. The lowest BCUT2D eigenvalue weighted by Gasteiger charge is -2.08. The van der Waals surface area contributed by atoms with E-state index in [-0.39, 0.29) is 0 Å². The van der Waals surface area contributed by atoms with E-state index in [4.69, 9.17) is 23.7 Å². The quantitative estimate of drug-likeness (QED) is 0.0825. The Bertz CT molecular complexity index is 1560. The summed E-state index contributed by atoms with van der Waals surface area (Å²) in [4.78, 5) is 26.6. The Labute approximate surface area is 245 Å². The molecule has 0 spiro atoms. The highest BCUT2D eigenvalue weighted by molar-refractivity contribution is 6.29. The van der Waals surface area contributed by atoms with Gasteiger partial charge in [-0.3, -0.25) is 9.59 Å². The van der Waals surface area contributed by atoms with Gasteiger partial charge >= 0.3 is 0 Å². The second kappa shape index (κ2) is 14.9. The van der Waals surface area contributed by atoms with Crippen molar-refractivity contribution in [2.45, 2.75) is 6.92 Å². The summed E-state index contributed by atoms with van der Waals surface area (Å²) >= 11 is 0. The summed E-state index contributed by atoms with van der Waals surface area (Å²) in [6.45, 7) is 1.89. The fourth-order valence-corrected chi connectivity index (χ4v) is 4.06. The van der Waals surface area contributed by atoms with Gasteiger partial charge in [0.2, 0.25) is 0 Å². The molecule has 0 radical (unpaired) electrons. The van der Waals surface area contributed by atoms with Gasteiger partial charge in [-0.25, -0.2) is 0 Å². The van der Waals surface area contributed by atoms with Crippen molar-refractivity contribution < 1.29 is 38.4 Å². The first-order chi connectivity index (χ1) is 20.2. The Hall–Kier alpha value is -5.24. The molecular formula is C34H34O8. The van der Waals surface area contributed by atoms with Gasteiger partial charge in [0.1, 0.15) is 17.1 Å². The summed E-state index contributed by atoms with van der Waals surface area (Å²) in [6.07, 6.45) is 8.43. The minimum Gasteiger partial charge on any atom is -0.507 e. The number of ether oxygens (including phenoxy) is 5. The highest BCUT2D eigenvalue weighted by Gasteiger charge is 2.19. The first-order valence-corrected chi connectivity index (χ1v) is 12.9. The molecule has 0 aliphatic rings. The standard InChI is InChI=1S/C34H34O8/c1-22-19-23(10-16-29(22)38-2)7-13-26(35)34(27(36)14-8-24-11-17-30(39-3)32(20-24)41-5)28(37)15-9-25-12-18-31(40-4)33(21-25)42-6/h7-21,36H,1-6H3/b13-7+,14-8+,15-9+,34-27+. The number of benzene rings is 3. The van der Waals surface area contributed by atoms with Gasteiger partial charge in [0.15, 0.2) is 34.6 Å². The van der Waals surface area contributed by atoms with Crippen molar-refractivity contribution in [3.8, 4) is 28.7 Å². The van der Waals surface area contributed by atoms with Crippen molar-refractivity contribution in [2.75, 3.05) is 35.5 Å². The van der Waals surface area contributed by atoms with Crippen molar-refractivity contribution in [3.63, 3.8) is 0 Å². The molecule has 0 aliphatic heterocycles. The number of allylic oxidation sites excluding steroid dienone is 4. The number of hydrogen-bond acceptors (Lipinski definition) is 8. The summed E-state index contributed by atoms with van der Waals surface area (Å²) in [5.74, 6) is 0.927. The molecule has 0 fully saturated rings. The molecular weight excluding hydrogens is 536 g/mol. The van der Waals surface area contributed by atoms with E-state index in [1.807, 2.05) is 13.0 Å². The Morgan fingerprint density at radius 1 is 0.548 bits per heavy atom. The maximum atomic E-state index is 13.3. The SMILES string of the molecule is COc1ccc(/C=C/C(=O)/C(C(=O)/C=C/c2ccc(OC)c(OC)c2)=C(O)/C=C/c2ccc(OC)c(OC)c2)cc1C. The van der Waals surface area contributed by atoms with Crippen LogP contribution in [0.25, 0.3) is 18.2 Å². The van der Waals surface area contributed by atoms with Crippen molar-refractivity contribution in [1.29, 1.82) is 0 Å². The number of aliphatic hydroxyl groups is 1. The number of aliphatic hydroxyl groups excluding tert-OH is 1. The molecule has 3 aromatic rings. The highest BCUT2D eigenvalue weighted by Crippen LogP contribution is 2.29. The molecule has 0 atom stereocenters. The van der Waals surface area contributed by atoms with Gasteiger partial charge in [0.25, 0.3) is 0 Å². The van der Waals surface area contributed by atoms with Crippen molar-refractivity contribution >= 4 is 29.8 Å². The van der Waals surface area contributed by atoms with Gasteiger partial charge in [-0.15, -0.1) is 0 Å². The van der Waals surface area contributed by atoms with Crippen LogP contribution in [0.1, 0.15) is 22.3 Å². The van der Waals surface area contributed by atoms with E-state index in [1.165, 1.54) is 52.7 Å². The van der Waals surface area contributed by atoms with E-state index in [2.05, 4.69) is 0 Å². The minimum absolute atomic E-state index is 0.398. The third-order valence-corrected chi connectivity index (χ3v) is 6.27. The van der Waals surface area contributed by atoms with Crippen LogP contribution in [0.5, 0.6) is 28.7 Å². The molecule has 42 heavy (non-hydrogen) atoms. The van der Waals surface area contributed by atoms with Gasteiger partial charge in [0, 0.05) is 0 Å². The molecule has 0 unspecified atom stereocenters. The van der Waals surface area contributed by atoms with Crippen LogP contribution >= 0.6 is 0 Å². The van der Waals surface area contributed by atoms with Crippen molar-refractivity contribution in [3.05, 3.63) is 106 Å². The lowest BCUT2D eigenvalue weighted by atomic mass is 10.0. The van der Waals surface area contributed by atoms with Gasteiger partial charge in [-0.1, -0.05) is 36.4 Å². The van der Waals surface area contributed by atoms with Gasteiger partial charge in [-0.05, 0) is 83.8 Å². The van der Waals surface area contributed by atoms with Crippen LogP contribution < -0.4 is 23.7 Å². The second-order valence-corrected chi connectivity index (χ2v) is 8.95. The minimum atomic E-state index is -0.681. The van der Waals surface area contributed by atoms with E-state index >= 15 is 0 Å². The molecule has 0 aliphatic carbocycles. The average Bonchev–Trinajstić information content (AvgIpc) is 3.01. The highest BCUT2D eigenvalue weighted by atomic mass is 16.5. The lowest BCUT2D eigenvalue weighted by Crippen LogP contribution is -2.11. The molecule has 218 valence electrons. The van der Waals surface area contributed by atoms with E-state index in [0.717, 1.165) is 11.1 Å². The molecule has 0 saturated carbocycles. The first-order valence-electron chi connectivity index (χ1n) is 12.9. The van der Waals surface area contributed by atoms with E-state index in [1.54, 1.807) is 67.8 Å². The van der Waals surface area contributed by atoms with Gasteiger partial charge < -0.3 is 28.8 Å². The Morgan fingerprint density at radius 2 is 0.929 bits per heavy atom.